The van der Waals surface area contributed by atoms with Gasteiger partial charge in [-0.25, -0.2) is 4.98 Å². The predicted molar refractivity (Wildman–Crippen MR) is 66.0 cm³/mol. The summed E-state index contributed by atoms with van der Waals surface area (Å²) in [7, 11) is 0. The van der Waals surface area contributed by atoms with E-state index in [9.17, 15) is 0 Å². The van der Waals surface area contributed by atoms with E-state index in [1.807, 2.05) is 18.2 Å². The number of pyridine rings is 1. The molecule has 3 nitrogen and oxygen atoms in total. The summed E-state index contributed by atoms with van der Waals surface area (Å²) in [6, 6.07) is 5.94. The van der Waals surface area contributed by atoms with Crippen LogP contribution in [0.3, 0.4) is 0 Å². The lowest BCUT2D eigenvalue weighted by Gasteiger charge is -2.23. The normalized spacial score (nSPS) is 21.3. The molecule has 0 radical (unpaired) electrons. The summed E-state index contributed by atoms with van der Waals surface area (Å²) in [5, 5.41) is 6.79. The van der Waals surface area contributed by atoms with E-state index >= 15 is 0 Å². The molecule has 1 fully saturated rings. The minimum absolute atomic E-state index is 0.736. The average Bonchev–Trinajstić information content (AvgIpc) is 2.28. The molecule has 1 aromatic rings. The maximum atomic E-state index is 4.34. The van der Waals surface area contributed by atoms with Crippen LogP contribution in [0.4, 0.5) is 5.82 Å². The third kappa shape index (κ3) is 3.47. The number of nitrogens with zero attached hydrogens (tertiary/aromatic N) is 1. The van der Waals surface area contributed by atoms with E-state index in [1.165, 1.54) is 19.4 Å². The second-order valence-corrected chi connectivity index (χ2v) is 4.75. The summed E-state index contributed by atoms with van der Waals surface area (Å²) in [6.45, 7) is 3.31. The van der Waals surface area contributed by atoms with Gasteiger partial charge in [0.25, 0.3) is 0 Å². The monoisotopic (exact) mass is 269 g/mol. The SMILES string of the molecule is Brc1cccc(NC[C@H]2CCCNC2)n1. The van der Waals surface area contributed by atoms with Gasteiger partial charge in [0.1, 0.15) is 10.4 Å². The van der Waals surface area contributed by atoms with Crippen molar-refractivity contribution in [3.63, 3.8) is 0 Å². The van der Waals surface area contributed by atoms with E-state index in [-0.39, 0.29) is 0 Å². The first-order valence-corrected chi connectivity index (χ1v) is 6.21. The van der Waals surface area contributed by atoms with Crippen LogP contribution in [0.25, 0.3) is 0 Å². The molecule has 0 aliphatic carbocycles. The average molecular weight is 270 g/mol. The van der Waals surface area contributed by atoms with Crippen molar-refractivity contribution in [3.8, 4) is 0 Å². The highest BCUT2D eigenvalue weighted by Gasteiger charge is 2.12. The first-order chi connectivity index (χ1) is 7.34. The van der Waals surface area contributed by atoms with Crippen LogP contribution >= 0.6 is 15.9 Å². The van der Waals surface area contributed by atoms with E-state index in [0.717, 1.165) is 29.4 Å². The predicted octanol–water partition coefficient (Wildman–Crippen LogP) is 2.26. The third-order valence-electron chi connectivity index (χ3n) is 2.69. The molecule has 1 aliphatic heterocycles. The molecule has 0 aromatic carbocycles. The van der Waals surface area contributed by atoms with Crippen LogP contribution in [-0.4, -0.2) is 24.6 Å². The van der Waals surface area contributed by atoms with Gasteiger partial charge in [0.05, 0.1) is 0 Å². The van der Waals surface area contributed by atoms with E-state index in [0.29, 0.717) is 0 Å². The molecule has 82 valence electrons. The number of hydrogen-bond donors (Lipinski definition) is 2. The number of anilines is 1. The molecular formula is C11H16BrN3. The van der Waals surface area contributed by atoms with Crippen LogP contribution < -0.4 is 10.6 Å². The summed E-state index contributed by atoms with van der Waals surface area (Å²) in [6.07, 6.45) is 2.60. The molecule has 0 amide bonds. The van der Waals surface area contributed by atoms with Gasteiger partial charge in [-0.15, -0.1) is 0 Å². The molecule has 1 aromatic heterocycles. The molecule has 2 N–H and O–H groups in total. The molecule has 1 atom stereocenters. The van der Waals surface area contributed by atoms with Gasteiger partial charge in [0.15, 0.2) is 0 Å². The third-order valence-corrected chi connectivity index (χ3v) is 3.13. The largest absolute Gasteiger partial charge is 0.370 e. The van der Waals surface area contributed by atoms with Crippen molar-refractivity contribution in [2.45, 2.75) is 12.8 Å². The summed E-state index contributed by atoms with van der Waals surface area (Å²) < 4.78 is 0.884. The Kier molecular flexibility index (Phi) is 3.97. The molecule has 4 heteroatoms. The number of halogens is 1. The summed E-state index contributed by atoms with van der Waals surface area (Å²) in [5.41, 5.74) is 0. The van der Waals surface area contributed by atoms with Crippen molar-refractivity contribution in [1.29, 1.82) is 0 Å². The van der Waals surface area contributed by atoms with Gasteiger partial charge >= 0.3 is 0 Å². The fraction of sp³-hybridized carbons (Fsp3) is 0.545. The molecule has 15 heavy (non-hydrogen) atoms. The highest BCUT2D eigenvalue weighted by molar-refractivity contribution is 9.10. The Morgan fingerprint density at radius 3 is 3.20 bits per heavy atom. The van der Waals surface area contributed by atoms with Crippen molar-refractivity contribution in [3.05, 3.63) is 22.8 Å². The van der Waals surface area contributed by atoms with Gasteiger partial charge in [-0.3, -0.25) is 0 Å². The van der Waals surface area contributed by atoms with E-state index in [4.69, 9.17) is 0 Å². The standard InChI is InChI=1S/C11H16BrN3/c12-10-4-1-5-11(15-10)14-8-9-3-2-6-13-7-9/h1,4-5,9,13H,2-3,6-8H2,(H,14,15)/t9-/m0/s1. The molecule has 0 unspecified atom stereocenters. The van der Waals surface area contributed by atoms with Crippen molar-refractivity contribution < 1.29 is 0 Å². The van der Waals surface area contributed by atoms with Gasteiger partial charge in [-0.2, -0.15) is 0 Å². The number of hydrogen-bond acceptors (Lipinski definition) is 3. The lowest BCUT2D eigenvalue weighted by atomic mass is 10.00. The fourth-order valence-electron chi connectivity index (χ4n) is 1.85. The van der Waals surface area contributed by atoms with Crippen LogP contribution in [0, 0.1) is 5.92 Å². The van der Waals surface area contributed by atoms with Crippen LogP contribution in [0.2, 0.25) is 0 Å². The zero-order chi connectivity index (χ0) is 10.5. The summed E-state index contributed by atoms with van der Waals surface area (Å²) in [5.74, 6) is 1.69. The Labute approximate surface area is 98.8 Å². The topological polar surface area (TPSA) is 37.0 Å². The zero-order valence-electron chi connectivity index (χ0n) is 8.67. The number of aromatic nitrogens is 1. The second-order valence-electron chi connectivity index (χ2n) is 3.94. The maximum absolute atomic E-state index is 4.34. The van der Waals surface area contributed by atoms with Crippen molar-refractivity contribution in [2.75, 3.05) is 25.0 Å². The molecule has 2 rings (SSSR count). The first-order valence-electron chi connectivity index (χ1n) is 5.42. The second kappa shape index (κ2) is 5.47. The Morgan fingerprint density at radius 2 is 2.47 bits per heavy atom. The van der Waals surface area contributed by atoms with Crippen LogP contribution in [-0.2, 0) is 0 Å². The minimum Gasteiger partial charge on any atom is -0.370 e. The highest BCUT2D eigenvalue weighted by Crippen LogP contribution is 2.13. The lowest BCUT2D eigenvalue weighted by Crippen LogP contribution is -2.33. The van der Waals surface area contributed by atoms with Crippen molar-refractivity contribution >= 4 is 21.7 Å². The van der Waals surface area contributed by atoms with Gasteiger partial charge < -0.3 is 10.6 Å². The molecule has 0 bridgehead atoms. The zero-order valence-corrected chi connectivity index (χ0v) is 10.3. The maximum Gasteiger partial charge on any atom is 0.127 e. The van der Waals surface area contributed by atoms with Crippen LogP contribution in [0.1, 0.15) is 12.8 Å². The molecule has 0 saturated carbocycles. The van der Waals surface area contributed by atoms with Crippen LogP contribution in [0.5, 0.6) is 0 Å². The summed E-state index contributed by atoms with van der Waals surface area (Å²) in [4.78, 5) is 4.34. The summed E-state index contributed by atoms with van der Waals surface area (Å²) >= 11 is 3.36. The quantitative estimate of drug-likeness (QED) is 0.827. The van der Waals surface area contributed by atoms with Crippen molar-refractivity contribution in [1.82, 2.24) is 10.3 Å². The molecule has 2 heterocycles. The first kappa shape index (κ1) is 10.9. The Hall–Kier alpha value is -0.610. The smallest absolute Gasteiger partial charge is 0.127 e. The molecular weight excluding hydrogens is 254 g/mol. The van der Waals surface area contributed by atoms with Crippen LogP contribution in [0.15, 0.2) is 22.8 Å². The molecule has 0 spiro atoms. The van der Waals surface area contributed by atoms with Gasteiger partial charge in [0.2, 0.25) is 0 Å². The van der Waals surface area contributed by atoms with E-state index in [1.54, 1.807) is 0 Å². The lowest BCUT2D eigenvalue weighted by molar-refractivity contribution is 0.392. The number of rotatable bonds is 3. The van der Waals surface area contributed by atoms with E-state index in [2.05, 4.69) is 31.5 Å². The van der Waals surface area contributed by atoms with Gasteiger partial charge in [-0.05, 0) is 59.9 Å². The highest BCUT2D eigenvalue weighted by atomic mass is 79.9. The van der Waals surface area contributed by atoms with Gasteiger partial charge in [-0.1, -0.05) is 6.07 Å². The fourth-order valence-corrected chi connectivity index (χ4v) is 2.20. The Bertz CT molecular complexity index is 310. The Balaban J connectivity index is 1.81. The number of nitrogens with one attached hydrogen (secondary N) is 2. The number of piperidine rings is 1. The minimum atomic E-state index is 0.736. The Morgan fingerprint density at radius 1 is 1.53 bits per heavy atom. The molecule has 1 aliphatic rings. The van der Waals surface area contributed by atoms with E-state index < -0.39 is 0 Å². The van der Waals surface area contributed by atoms with Gasteiger partial charge in [0, 0.05) is 6.54 Å². The molecule has 1 saturated heterocycles. The van der Waals surface area contributed by atoms with Crippen molar-refractivity contribution in [2.24, 2.45) is 5.92 Å².